The zero-order valence-corrected chi connectivity index (χ0v) is 10.1. The average Bonchev–Trinajstić information content (AvgIpc) is 2.80. The number of nitrogens with two attached hydrogens (primary N) is 1. The molecule has 2 heterocycles. The largest absolute Gasteiger partial charge is 0.482 e. The molecule has 0 saturated carbocycles. The Kier molecular flexibility index (Phi) is 2.56. The van der Waals surface area contributed by atoms with Crippen molar-refractivity contribution in [2.75, 3.05) is 17.7 Å². The average molecular weight is 274 g/mol. The van der Waals surface area contributed by atoms with Crippen LogP contribution >= 0.6 is 0 Å². The van der Waals surface area contributed by atoms with Crippen molar-refractivity contribution in [3.8, 4) is 17.0 Å². The maximum absolute atomic E-state index is 11.3. The molecule has 2 aromatic rings. The van der Waals surface area contributed by atoms with E-state index in [0.29, 0.717) is 17.0 Å². The van der Waals surface area contributed by atoms with Gasteiger partial charge in [-0.1, -0.05) is 0 Å². The summed E-state index contributed by atoms with van der Waals surface area (Å²) in [7, 11) is 0. The lowest BCUT2D eigenvalue weighted by Gasteiger charge is -2.18. The van der Waals surface area contributed by atoms with Crippen LogP contribution < -0.4 is 15.8 Å². The van der Waals surface area contributed by atoms with Crippen molar-refractivity contribution < 1.29 is 19.4 Å². The first-order valence-electron chi connectivity index (χ1n) is 5.70. The lowest BCUT2D eigenvalue weighted by Crippen LogP contribution is -2.25. The zero-order chi connectivity index (χ0) is 14.3. The van der Waals surface area contributed by atoms with Gasteiger partial charge in [0.1, 0.15) is 11.3 Å². The number of aromatic nitrogens is 2. The Balaban J connectivity index is 2.10. The Morgan fingerprint density at radius 1 is 1.45 bits per heavy atom. The molecule has 8 heteroatoms. The third-order valence-electron chi connectivity index (χ3n) is 2.91. The molecule has 0 unspecified atom stereocenters. The Labute approximate surface area is 112 Å². The van der Waals surface area contributed by atoms with Gasteiger partial charge in [0, 0.05) is 5.56 Å². The van der Waals surface area contributed by atoms with E-state index in [1.165, 1.54) is 0 Å². The van der Waals surface area contributed by atoms with Gasteiger partial charge in [-0.2, -0.15) is 5.10 Å². The van der Waals surface area contributed by atoms with Crippen LogP contribution in [0.2, 0.25) is 0 Å². The second-order valence-corrected chi connectivity index (χ2v) is 4.21. The van der Waals surface area contributed by atoms with Gasteiger partial charge < -0.3 is 20.9 Å². The standard InChI is InChI=1S/C12H10N4O4/c13-11-9(12(18)19)10(15-16-11)5-1-2-7-6(3-5)14-8(17)4-20-7/h1-3H,4H2,(H,14,17)(H,18,19)(H3,13,15,16). The van der Waals surface area contributed by atoms with Gasteiger partial charge in [-0.05, 0) is 18.2 Å². The van der Waals surface area contributed by atoms with Gasteiger partial charge in [0.15, 0.2) is 12.4 Å². The number of anilines is 2. The molecule has 0 aliphatic carbocycles. The molecule has 102 valence electrons. The van der Waals surface area contributed by atoms with Gasteiger partial charge in [0.05, 0.1) is 11.4 Å². The summed E-state index contributed by atoms with van der Waals surface area (Å²) in [5.41, 5.74) is 6.71. The van der Waals surface area contributed by atoms with Crippen LogP contribution in [0.1, 0.15) is 10.4 Å². The van der Waals surface area contributed by atoms with E-state index < -0.39 is 5.97 Å². The van der Waals surface area contributed by atoms with Gasteiger partial charge in [-0.15, -0.1) is 0 Å². The molecule has 0 saturated heterocycles. The third kappa shape index (κ3) is 1.83. The van der Waals surface area contributed by atoms with Gasteiger partial charge >= 0.3 is 5.97 Å². The van der Waals surface area contributed by atoms with Gasteiger partial charge in [-0.25, -0.2) is 4.79 Å². The maximum atomic E-state index is 11.3. The second kappa shape index (κ2) is 4.26. The van der Waals surface area contributed by atoms with Crippen LogP contribution in [-0.4, -0.2) is 33.8 Å². The number of hydrogen-bond acceptors (Lipinski definition) is 5. The number of ether oxygens (including phenoxy) is 1. The Bertz CT molecular complexity index is 722. The number of nitrogens with one attached hydrogen (secondary N) is 2. The summed E-state index contributed by atoms with van der Waals surface area (Å²) in [6, 6.07) is 4.91. The zero-order valence-electron chi connectivity index (χ0n) is 10.1. The van der Waals surface area contributed by atoms with Gasteiger partial charge in [0.2, 0.25) is 0 Å². The Morgan fingerprint density at radius 3 is 3.00 bits per heavy atom. The SMILES string of the molecule is Nc1n[nH]c(-c2ccc3c(c2)NC(=O)CO3)c1C(=O)O. The predicted octanol–water partition coefficient (Wildman–Crippen LogP) is 0.688. The van der Waals surface area contributed by atoms with Crippen molar-refractivity contribution in [3.05, 3.63) is 23.8 Å². The first kappa shape index (κ1) is 12.0. The van der Waals surface area contributed by atoms with Crippen LogP contribution in [0.4, 0.5) is 11.5 Å². The quantitative estimate of drug-likeness (QED) is 0.637. The van der Waals surface area contributed by atoms with Crippen LogP contribution in [0.3, 0.4) is 0 Å². The highest BCUT2D eigenvalue weighted by molar-refractivity contribution is 6.01. The fourth-order valence-electron chi connectivity index (χ4n) is 2.02. The predicted molar refractivity (Wildman–Crippen MR) is 69.5 cm³/mol. The number of carbonyl (C=O) groups excluding carboxylic acids is 1. The van der Waals surface area contributed by atoms with Crippen molar-refractivity contribution in [2.24, 2.45) is 0 Å². The van der Waals surface area contributed by atoms with Crippen molar-refractivity contribution >= 4 is 23.4 Å². The number of nitrogen functional groups attached to an aromatic ring is 1. The molecule has 0 radical (unpaired) electrons. The maximum Gasteiger partial charge on any atom is 0.341 e. The van der Waals surface area contributed by atoms with Crippen molar-refractivity contribution in [3.63, 3.8) is 0 Å². The van der Waals surface area contributed by atoms with Crippen molar-refractivity contribution in [1.82, 2.24) is 10.2 Å². The number of carbonyl (C=O) groups is 2. The van der Waals surface area contributed by atoms with Crippen LogP contribution in [0.5, 0.6) is 5.75 Å². The second-order valence-electron chi connectivity index (χ2n) is 4.21. The molecule has 1 aliphatic rings. The van der Waals surface area contributed by atoms with Crippen LogP contribution in [0.15, 0.2) is 18.2 Å². The van der Waals surface area contributed by atoms with E-state index in [2.05, 4.69) is 15.5 Å². The number of amides is 1. The fraction of sp³-hybridized carbons (Fsp3) is 0.0833. The summed E-state index contributed by atoms with van der Waals surface area (Å²) in [5, 5.41) is 18.1. The number of aromatic amines is 1. The van der Waals surface area contributed by atoms with Gasteiger partial charge in [-0.3, -0.25) is 9.89 Å². The molecule has 1 amide bonds. The number of carboxylic acids is 1. The molecule has 1 aromatic heterocycles. The Hall–Kier alpha value is -3.03. The summed E-state index contributed by atoms with van der Waals surface area (Å²) in [6.07, 6.45) is 0. The highest BCUT2D eigenvalue weighted by Gasteiger charge is 2.21. The minimum absolute atomic E-state index is 0.0380. The van der Waals surface area contributed by atoms with E-state index in [1.54, 1.807) is 18.2 Å². The monoisotopic (exact) mass is 274 g/mol. The summed E-state index contributed by atoms with van der Waals surface area (Å²) < 4.78 is 5.23. The minimum Gasteiger partial charge on any atom is -0.482 e. The fourth-order valence-corrected chi connectivity index (χ4v) is 2.02. The lowest BCUT2D eigenvalue weighted by molar-refractivity contribution is -0.118. The normalized spacial score (nSPS) is 13.3. The van der Waals surface area contributed by atoms with Crippen molar-refractivity contribution in [1.29, 1.82) is 0 Å². The summed E-state index contributed by atoms with van der Waals surface area (Å²) in [6.45, 7) is -0.0380. The van der Waals surface area contributed by atoms with E-state index in [1.807, 2.05) is 0 Å². The first-order valence-corrected chi connectivity index (χ1v) is 5.70. The molecule has 20 heavy (non-hydrogen) atoms. The number of fused-ring (bicyclic) bond motifs is 1. The number of carboxylic acid groups (broad SMARTS) is 1. The van der Waals surface area contributed by atoms with E-state index in [-0.39, 0.29) is 29.6 Å². The lowest BCUT2D eigenvalue weighted by atomic mass is 10.1. The number of aromatic carboxylic acids is 1. The highest BCUT2D eigenvalue weighted by atomic mass is 16.5. The molecule has 0 bridgehead atoms. The third-order valence-corrected chi connectivity index (χ3v) is 2.91. The molecule has 8 nitrogen and oxygen atoms in total. The highest BCUT2D eigenvalue weighted by Crippen LogP contribution is 2.34. The number of hydrogen-bond donors (Lipinski definition) is 4. The van der Waals surface area contributed by atoms with E-state index in [4.69, 9.17) is 15.6 Å². The molecule has 5 N–H and O–H groups in total. The number of benzene rings is 1. The number of nitrogens with zero attached hydrogens (tertiary/aromatic N) is 1. The topological polar surface area (TPSA) is 130 Å². The van der Waals surface area contributed by atoms with E-state index in [0.717, 1.165) is 0 Å². The van der Waals surface area contributed by atoms with Crippen LogP contribution in [0, 0.1) is 0 Å². The molecule has 1 aliphatic heterocycles. The van der Waals surface area contributed by atoms with Crippen LogP contribution in [0.25, 0.3) is 11.3 Å². The van der Waals surface area contributed by atoms with Crippen LogP contribution in [-0.2, 0) is 4.79 Å². The summed E-state index contributed by atoms with van der Waals surface area (Å²) in [5.74, 6) is -1.01. The minimum atomic E-state index is -1.18. The van der Waals surface area contributed by atoms with Crippen molar-refractivity contribution in [2.45, 2.75) is 0 Å². The van der Waals surface area contributed by atoms with Gasteiger partial charge in [0.25, 0.3) is 5.91 Å². The molecule has 0 spiro atoms. The summed E-state index contributed by atoms with van der Waals surface area (Å²) >= 11 is 0. The molecule has 3 rings (SSSR count). The van der Waals surface area contributed by atoms with E-state index >= 15 is 0 Å². The first-order chi connectivity index (χ1) is 9.56. The smallest absolute Gasteiger partial charge is 0.341 e. The molecular weight excluding hydrogens is 264 g/mol. The molecule has 0 fully saturated rings. The molecule has 1 aromatic carbocycles. The molecule has 0 atom stereocenters. The molecular formula is C12H10N4O4. The Morgan fingerprint density at radius 2 is 2.25 bits per heavy atom. The number of H-pyrrole nitrogens is 1. The van der Waals surface area contributed by atoms with E-state index in [9.17, 15) is 9.59 Å². The summed E-state index contributed by atoms with van der Waals surface area (Å²) in [4.78, 5) is 22.5. The number of rotatable bonds is 2.